The zero-order valence-electron chi connectivity index (χ0n) is 27.8. The number of hydrogen-bond donors (Lipinski definition) is 3. The van der Waals surface area contributed by atoms with Gasteiger partial charge in [-0.15, -0.1) is 11.3 Å². The van der Waals surface area contributed by atoms with E-state index in [0.29, 0.717) is 64.7 Å². The van der Waals surface area contributed by atoms with Gasteiger partial charge in [-0.2, -0.15) is 13.2 Å². The Morgan fingerprint density at radius 1 is 1.00 bits per heavy atom. The Morgan fingerprint density at radius 2 is 1.67 bits per heavy atom. The molecule has 0 unspecified atom stereocenters. The van der Waals surface area contributed by atoms with E-state index in [4.69, 9.17) is 11.6 Å². The molecule has 0 spiro atoms. The van der Waals surface area contributed by atoms with Crippen molar-refractivity contribution >= 4 is 51.6 Å². The number of piperidine rings is 2. The lowest BCUT2D eigenvalue weighted by molar-refractivity contribution is -0.137. The number of hydrogen-bond acceptors (Lipinski definition) is 7. The van der Waals surface area contributed by atoms with Gasteiger partial charge in [-0.25, -0.2) is 9.59 Å². The van der Waals surface area contributed by atoms with Crippen LogP contribution in [0.15, 0.2) is 23.6 Å². The Balaban J connectivity index is 1.14. The SMILES string of the molecule is CNc1c(Cl)cc(C[C@@H](NC(=O)N2CCC(N3Cc4ccsc4NC3=O)CC2)C(=O)N2CCN(C3CCN(C)CC3)CC2)cc1C(F)(F)F. The third-order valence-corrected chi connectivity index (χ3v) is 11.5. The summed E-state index contributed by atoms with van der Waals surface area (Å²) in [4.78, 5) is 50.4. The minimum absolute atomic E-state index is 0.0518. The van der Waals surface area contributed by atoms with Crippen LogP contribution in [0.3, 0.4) is 0 Å². The Bertz CT molecular complexity index is 1520. The van der Waals surface area contributed by atoms with Crippen LogP contribution >= 0.6 is 22.9 Å². The van der Waals surface area contributed by atoms with E-state index in [2.05, 4.69) is 32.8 Å². The minimum atomic E-state index is -4.68. The number of halogens is 4. The molecule has 0 bridgehead atoms. The molecule has 5 amide bonds. The van der Waals surface area contributed by atoms with Crippen LogP contribution in [0.1, 0.15) is 42.4 Å². The van der Waals surface area contributed by atoms with Gasteiger partial charge in [0.15, 0.2) is 0 Å². The molecule has 1 aromatic heterocycles. The molecule has 11 nitrogen and oxygen atoms in total. The van der Waals surface area contributed by atoms with Gasteiger partial charge in [0.2, 0.25) is 5.91 Å². The van der Waals surface area contributed by atoms with Crippen LogP contribution in [-0.4, -0.2) is 127 Å². The summed E-state index contributed by atoms with van der Waals surface area (Å²) in [6.07, 6.45) is -1.56. The molecule has 0 saturated carbocycles. The molecule has 3 fully saturated rings. The number of thiophene rings is 1. The lowest BCUT2D eigenvalue weighted by Gasteiger charge is -2.43. The molecule has 16 heteroatoms. The molecular weight excluding hydrogens is 681 g/mol. The number of fused-ring (bicyclic) bond motifs is 1. The maximum Gasteiger partial charge on any atom is 0.418 e. The zero-order chi connectivity index (χ0) is 34.9. The summed E-state index contributed by atoms with van der Waals surface area (Å²) in [5.74, 6) is -0.329. The van der Waals surface area contributed by atoms with Gasteiger partial charge in [0.1, 0.15) is 11.0 Å². The maximum absolute atomic E-state index is 14.1. The van der Waals surface area contributed by atoms with Crippen LogP contribution in [0.25, 0.3) is 0 Å². The molecule has 6 rings (SSSR count). The number of benzene rings is 1. The fourth-order valence-electron chi connectivity index (χ4n) is 7.49. The normalized spacial score (nSPS) is 20.9. The molecule has 4 aliphatic heterocycles. The highest BCUT2D eigenvalue weighted by atomic mass is 35.5. The number of piperazine rings is 1. The van der Waals surface area contributed by atoms with E-state index in [0.717, 1.165) is 42.6 Å². The Kier molecular flexibility index (Phi) is 10.8. The van der Waals surface area contributed by atoms with Gasteiger partial charge in [-0.1, -0.05) is 11.6 Å². The number of rotatable bonds is 7. The second-order valence-corrected chi connectivity index (χ2v) is 14.7. The van der Waals surface area contributed by atoms with E-state index in [1.807, 2.05) is 11.4 Å². The van der Waals surface area contributed by atoms with Crippen molar-refractivity contribution in [3.63, 3.8) is 0 Å². The predicted molar refractivity (Wildman–Crippen MR) is 184 cm³/mol. The average molecular weight is 725 g/mol. The molecule has 5 heterocycles. The highest BCUT2D eigenvalue weighted by Gasteiger charge is 2.38. The summed E-state index contributed by atoms with van der Waals surface area (Å²) in [7, 11) is 3.49. The second-order valence-electron chi connectivity index (χ2n) is 13.4. The number of nitrogens with zero attached hydrogens (tertiary/aromatic N) is 5. The molecule has 0 aliphatic carbocycles. The van der Waals surface area contributed by atoms with E-state index in [9.17, 15) is 27.6 Å². The number of carbonyl (C=O) groups excluding carboxylic acids is 3. The third-order valence-electron chi connectivity index (χ3n) is 10.3. The number of nitrogens with one attached hydrogen (secondary N) is 3. The van der Waals surface area contributed by atoms with E-state index in [1.165, 1.54) is 24.5 Å². The molecule has 3 saturated heterocycles. The zero-order valence-corrected chi connectivity index (χ0v) is 29.4. The van der Waals surface area contributed by atoms with Crippen LogP contribution in [0.5, 0.6) is 0 Å². The van der Waals surface area contributed by atoms with Crippen LogP contribution in [0.2, 0.25) is 5.02 Å². The van der Waals surface area contributed by atoms with Crippen molar-refractivity contribution in [3.05, 3.63) is 45.3 Å². The topological polar surface area (TPSA) is 103 Å². The van der Waals surface area contributed by atoms with Crippen molar-refractivity contribution in [1.29, 1.82) is 0 Å². The fourth-order valence-corrected chi connectivity index (χ4v) is 8.63. The number of likely N-dealkylation sites (tertiary alicyclic amines) is 2. The van der Waals surface area contributed by atoms with Crippen molar-refractivity contribution in [2.45, 2.75) is 63.0 Å². The number of amides is 5. The third kappa shape index (κ3) is 8.05. The molecule has 0 radical (unpaired) electrons. The van der Waals surface area contributed by atoms with Gasteiger partial charge >= 0.3 is 18.2 Å². The Labute approximate surface area is 293 Å². The lowest BCUT2D eigenvalue weighted by atomic mass is 9.99. The standard InChI is InChI=1S/C33H44ClF3N8O3S/c1-38-28-25(33(35,36)37)17-21(18-26(28)34)19-27(30(46)43-14-12-42(13-15-43)23-3-8-41(2)9-4-23)39-31(47)44-10-5-24(6-11-44)45-20-22-7-16-49-29(22)40-32(45)48/h7,16-18,23-24,27,38H,3-6,8-15,19-20H2,1-2H3,(H,39,47)(H,40,48)/t27-/m1/s1. The molecule has 2 aromatic rings. The molecule has 49 heavy (non-hydrogen) atoms. The second kappa shape index (κ2) is 14.9. The Hall–Kier alpha value is -3.27. The van der Waals surface area contributed by atoms with Gasteiger partial charge in [-0.3, -0.25) is 15.0 Å². The first-order valence-electron chi connectivity index (χ1n) is 16.9. The molecular formula is C33H44ClF3N8O3S. The smallest absolute Gasteiger partial charge is 0.386 e. The predicted octanol–water partition coefficient (Wildman–Crippen LogP) is 4.83. The van der Waals surface area contributed by atoms with Gasteiger partial charge < -0.3 is 30.2 Å². The van der Waals surface area contributed by atoms with E-state index in [-0.39, 0.29) is 40.7 Å². The van der Waals surface area contributed by atoms with Crippen molar-refractivity contribution in [1.82, 2.24) is 29.8 Å². The van der Waals surface area contributed by atoms with Crippen LogP contribution < -0.4 is 16.0 Å². The van der Waals surface area contributed by atoms with E-state index >= 15 is 0 Å². The molecule has 268 valence electrons. The summed E-state index contributed by atoms with van der Waals surface area (Å²) in [6.45, 7) is 5.66. The number of alkyl halides is 3. The molecule has 1 aromatic carbocycles. The minimum Gasteiger partial charge on any atom is -0.386 e. The summed E-state index contributed by atoms with van der Waals surface area (Å²) < 4.78 is 42.0. The van der Waals surface area contributed by atoms with Crippen molar-refractivity contribution < 1.29 is 27.6 Å². The van der Waals surface area contributed by atoms with Crippen LogP contribution in [-0.2, 0) is 23.9 Å². The first-order chi connectivity index (χ1) is 23.4. The maximum atomic E-state index is 14.1. The van der Waals surface area contributed by atoms with Crippen molar-refractivity contribution in [3.8, 4) is 0 Å². The van der Waals surface area contributed by atoms with E-state index < -0.39 is 23.8 Å². The average Bonchev–Trinajstić information content (AvgIpc) is 3.54. The molecule has 4 aliphatic rings. The van der Waals surface area contributed by atoms with Crippen LogP contribution in [0.4, 0.5) is 33.4 Å². The summed E-state index contributed by atoms with van der Waals surface area (Å²) in [5, 5.41) is 11.0. The molecule has 3 N–H and O–H groups in total. The summed E-state index contributed by atoms with van der Waals surface area (Å²) in [5.41, 5.74) is 0.0906. The number of carbonyl (C=O) groups is 3. The Morgan fingerprint density at radius 3 is 2.33 bits per heavy atom. The van der Waals surface area contributed by atoms with Crippen LogP contribution in [0, 0.1) is 0 Å². The summed E-state index contributed by atoms with van der Waals surface area (Å²) in [6, 6.07) is 3.12. The largest absolute Gasteiger partial charge is 0.418 e. The summed E-state index contributed by atoms with van der Waals surface area (Å²) >= 11 is 7.79. The lowest BCUT2D eigenvalue weighted by Crippen LogP contribution is -2.59. The number of anilines is 2. The fraction of sp³-hybridized carbons (Fsp3) is 0.606. The van der Waals surface area contributed by atoms with Crippen molar-refractivity contribution in [2.75, 3.05) is 77.1 Å². The highest BCUT2D eigenvalue weighted by Crippen LogP contribution is 2.40. The van der Waals surface area contributed by atoms with E-state index in [1.54, 1.807) is 14.7 Å². The number of urea groups is 2. The van der Waals surface area contributed by atoms with Crippen molar-refractivity contribution in [2.24, 2.45) is 0 Å². The first kappa shape index (κ1) is 35.6. The first-order valence-corrected chi connectivity index (χ1v) is 18.1. The monoisotopic (exact) mass is 724 g/mol. The van der Waals surface area contributed by atoms with Gasteiger partial charge in [0.05, 0.1) is 22.8 Å². The van der Waals surface area contributed by atoms with Gasteiger partial charge in [0.25, 0.3) is 0 Å². The highest BCUT2D eigenvalue weighted by molar-refractivity contribution is 7.14. The molecule has 1 atom stereocenters. The van der Waals surface area contributed by atoms with Gasteiger partial charge in [0, 0.05) is 70.4 Å². The quantitative estimate of drug-likeness (QED) is 0.378. The van der Waals surface area contributed by atoms with Gasteiger partial charge in [-0.05, 0) is 75.0 Å².